The van der Waals surface area contributed by atoms with Crippen LogP contribution in [0.5, 0.6) is 0 Å². The molecule has 2 heterocycles. The van der Waals surface area contributed by atoms with E-state index in [0.717, 1.165) is 11.1 Å². The number of esters is 1. The lowest BCUT2D eigenvalue weighted by molar-refractivity contribution is -0.258. The van der Waals surface area contributed by atoms with Crippen molar-refractivity contribution in [1.82, 2.24) is 5.32 Å². The summed E-state index contributed by atoms with van der Waals surface area (Å²) >= 11 is 0. The molecule has 9 heteroatoms. The quantitative estimate of drug-likeness (QED) is 0.457. The molecule has 0 radical (unpaired) electrons. The number of hydrogen-bond donors (Lipinski definition) is 4. The van der Waals surface area contributed by atoms with E-state index < -0.39 is 49.3 Å². The van der Waals surface area contributed by atoms with Crippen LogP contribution in [-0.2, 0) is 23.8 Å². The van der Waals surface area contributed by atoms with Gasteiger partial charge in [0.2, 0.25) is 12.2 Å². The zero-order valence-electron chi connectivity index (χ0n) is 15.0. The van der Waals surface area contributed by atoms with Gasteiger partial charge in [-0.2, -0.15) is 0 Å². The summed E-state index contributed by atoms with van der Waals surface area (Å²) < 4.78 is 16.6. The van der Waals surface area contributed by atoms with Crippen molar-refractivity contribution in [2.24, 2.45) is 0 Å². The zero-order valence-corrected chi connectivity index (χ0v) is 15.0. The number of carbonyl (C=O) groups excluding carboxylic acids is 2. The smallest absolute Gasteiger partial charge is 0.310 e. The number of hydrogen-bond acceptors (Lipinski definition) is 8. The van der Waals surface area contributed by atoms with Gasteiger partial charge in [-0.3, -0.25) is 9.59 Å². The Kier molecular flexibility index (Phi) is 5.66. The second-order valence-corrected chi connectivity index (χ2v) is 6.78. The van der Waals surface area contributed by atoms with Crippen molar-refractivity contribution in [3.63, 3.8) is 0 Å². The highest BCUT2D eigenvalue weighted by Gasteiger charge is 2.46. The topological polar surface area (TPSA) is 135 Å². The summed E-state index contributed by atoms with van der Waals surface area (Å²) in [6.45, 7) is 2.58. The molecule has 1 aliphatic carbocycles. The van der Waals surface area contributed by atoms with E-state index in [4.69, 9.17) is 14.2 Å². The largest absolute Gasteiger partial charge is 0.463 e. The molecular weight excluding hydrogens is 358 g/mol. The predicted octanol–water partition coefficient (Wildman–Crippen LogP) is -0.968. The monoisotopic (exact) mass is 381 g/mol. The van der Waals surface area contributed by atoms with Gasteiger partial charge in [0.15, 0.2) is 0 Å². The van der Waals surface area contributed by atoms with Gasteiger partial charge in [0.25, 0.3) is 0 Å². The molecule has 1 amide bonds. The number of allylic oxidation sites excluding steroid dienone is 1. The van der Waals surface area contributed by atoms with Crippen LogP contribution >= 0.6 is 0 Å². The Balaban J connectivity index is 1.80. The molecule has 0 spiro atoms. The number of fused-ring (bicyclic) bond motifs is 1. The molecule has 9 nitrogen and oxygen atoms in total. The summed E-state index contributed by atoms with van der Waals surface area (Å²) in [7, 11) is 0. The molecule has 1 saturated heterocycles. The SMILES string of the molecule is CC(=O)N[C@@H]1[C@H](OC2=C[C@@H]3OC(=O)CC(C)=C3C=C2)O[C@H](CO)[C@H](O)[C@H]1O. The minimum Gasteiger partial charge on any atom is -0.463 e. The first-order chi connectivity index (χ1) is 12.8. The number of aliphatic hydroxyl groups excluding tert-OH is 3. The first kappa shape index (κ1) is 19.6. The average molecular weight is 381 g/mol. The molecule has 0 saturated carbocycles. The van der Waals surface area contributed by atoms with E-state index >= 15 is 0 Å². The number of carbonyl (C=O) groups is 2. The minimum atomic E-state index is -1.40. The maximum absolute atomic E-state index is 11.6. The minimum absolute atomic E-state index is 0.235. The van der Waals surface area contributed by atoms with E-state index in [1.165, 1.54) is 6.92 Å². The third-order valence-electron chi connectivity index (χ3n) is 4.71. The molecule has 3 rings (SSSR count). The van der Waals surface area contributed by atoms with Gasteiger partial charge in [0.1, 0.15) is 36.2 Å². The fourth-order valence-electron chi connectivity index (χ4n) is 3.33. The Morgan fingerprint density at radius 3 is 2.74 bits per heavy atom. The summed E-state index contributed by atoms with van der Waals surface area (Å²) in [5, 5.41) is 32.2. The second-order valence-electron chi connectivity index (χ2n) is 6.78. The molecule has 0 bridgehead atoms. The van der Waals surface area contributed by atoms with Crippen LogP contribution in [0.1, 0.15) is 20.3 Å². The van der Waals surface area contributed by atoms with E-state index in [-0.39, 0.29) is 12.4 Å². The average Bonchev–Trinajstić information content (AvgIpc) is 2.60. The molecule has 3 aliphatic rings. The van der Waals surface area contributed by atoms with Crippen LogP contribution in [0.4, 0.5) is 0 Å². The Morgan fingerprint density at radius 1 is 1.33 bits per heavy atom. The maximum Gasteiger partial charge on any atom is 0.310 e. The van der Waals surface area contributed by atoms with Gasteiger partial charge in [-0.15, -0.1) is 0 Å². The summed E-state index contributed by atoms with van der Waals surface area (Å²) in [5.74, 6) is -0.468. The molecule has 6 atom stereocenters. The third kappa shape index (κ3) is 4.06. The Hall–Kier alpha value is -2.20. The normalized spacial score (nSPS) is 35.9. The number of nitrogens with one attached hydrogen (secondary N) is 1. The molecule has 0 unspecified atom stereocenters. The summed E-state index contributed by atoms with van der Waals surface area (Å²) in [4.78, 5) is 23.1. The molecule has 0 aromatic heterocycles. The van der Waals surface area contributed by atoms with Gasteiger partial charge in [-0.1, -0.05) is 11.6 Å². The highest BCUT2D eigenvalue weighted by molar-refractivity contribution is 5.76. The predicted molar refractivity (Wildman–Crippen MR) is 90.9 cm³/mol. The standard InChI is InChI=1S/C18H23NO8/c1-8-5-14(22)26-12-6-10(3-4-11(8)12)25-18-15(19-9(2)21)17(24)16(23)13(7-20)27-18/h3-4,6,12-13,15-18,20,23-24H,5,7H2,1-2H3,(H,19,21)/t12-,13+,15-,16-,17-,18+/m0/s1. The highest BCUT2D eigenvalue weighted by Crippen LogP contribution is 2.31. The first-order valence-electron chi connectivity index (χ1n) is 8.65. The molecule has 148 valence electrons. The van der Waals surface area contributed by atoms with E-state index in [1.54, 1.807) is 18.2 Å². The van der Waals surface area contributed by atoms with Crippen molar-refractivity contribution < 1.29 is 39.1 Å². The van der Waals surface area contributed by atoms with Gasteiger partial charge in [0.05, 0.1) is 13.0 Å². The van der Waals surface area contributed by atoms with Crippen molar-refractivity contribution in [2.75, 3.05) is 6.61 Å². The lowest BCUT2D eigenvalue weighted by Crippen LogP contribution is -2.64. The van der Waals surface area contributed by atoms with Crippen LogP contribution < -0.4 is 5.32 Å². The van der Waals surface area contributed by atoms with Crippen LogP contribution in [0.25, 0.3) is 0 Å². The molecule has 2 aliphatic heterocycles. The first-order valence-corrected chi connectivity index (χ1v) is 8.65. The second kappa shape index (κ2) is 7.81. The van der Waals surface area contributed by atoms with Crippen molar-refractivity contribution in [2.45, 2.75) is 57.0 Å². The van der Waals surface area contributed by atoms with Crippen LogP contribution in [0.15, 0.2) is 35.1 Å². The fourth-order valence-corrected chi connectivity index (χ4v) is 3.33. The van der Waals surface area contributed by atoms with Crippen LogP contribution in [0, 0.1) is 0 Å². The number of amides is 1. The van der Waals surface area contributed by atoms with Gasteiger partial charge >= 0.3 is 5.97 Å². The molecule has 1 fully saturated rings. The number of aliphatic hydroxyl groups is 3. The van der Waals surface area contributed by atoms with Gasteiger partial charge < -0.3 is 34.8 Å². The van der Waals surface area contributed by atoms with Gasteiger partial charge in [0, 0.05) is 13.0 Å². The maximum atomic E-state index is 11.6. The van der Waals surface area contributed by atoms with E-state index in [1.807, 2.05) is 6.92 Å². The molecule has 0 aromatic rings. The van der Waals surface area contributed by atoms with E-state index in [2.05, 4.69) is 5.32 Å². The van der Waals surface area contributed by atoms with Gasteiger partial charge in [-0.05, 0) is 18.6 Å². The van der Waals surface area contributed by atoms with Crippen molar-refractivity contribution in [3.05, 3.63) is 35.1 Å². The third-order valence-corrected chi connectivity index (χ3v) is 4.71. The Morgan fingerprint density at radius 2 is 2.07 bits per heavy atom. The van der Waals surface area contributed by atoms with Crippen molar-refractivity contribution in [3.8, 4) is 0 Å². The number of rotatable bonds is 4. The molecule has 0 aromatic carbocycles. The lowest BCUT2D eigenvalue weighted by atomic mass is 9.94. The molecule has 4 N–H and O–H groups in total. The number of ether oxygens (including phenoxy) is 3. The summed E-state index contributed by atoms with van der Waals surface area (Å²) in [6, 6.07) is -1.05. The Bertz CT molecular complexity index is 712. The van der Waals surface area contributed by atoms with Crippen LogP contribution in [0.3, 0.4) is 0 Å². The van der Waals surface area contributed by atoms with Gasteiger partial charge in [-0.25, -0.2) is 0 Å². The zero-order chi connectivity index (χ0) is 19.7. The summed E-state index contributed by atoms with van der Waals surface area (Å²) in [6.07, 6.45) is -0.352. The molecule has 27 heavy (non-hydrogen) atoms. The summed E-state index contributed by atoms with van der Waals surface area (Å²) in [5.41, 5.74) is 1.78. The fraction of sp³-hybridized carbons (Fsp3) is 0.556. The van der Waals surface area contributed by atoms with E-state index in [9.17, 15) is 24.9 Å². The van der Waals surface area contributed by atoms with Crippen LogP contribution in [-0.4, -0.2) is 70.6 Å². The Labute approximate surface area is 155 Å². The van der Waals surface area contributed by atoms with E-state index in [0.29, 0.717) is 5.76 Å². The van der Waals surface area contributed by atoms with Crippen molar-refractivity contribution in [1.29, 1.82) is 0 Å². The molecular formula is C18H23NO8. The van der Waals surface area contributed by atoms with Crippen LogP contribution in [0.2, 0.25) is 0 Å². The highest BCUT2D eigenvalue weighted by atomic mass is 16.7. The lowest BCUT2D eigenvalue weighted by Gasteiger charge is -2.42. The van der Waals surface area contributed by atoms with Crippen molar-refractivity contribution >= 4 is 11.9 Å².